The van der Waals surface area contributed by atoms with Crippen molar-refractivity contribution in [3.8, 4) is 0 Å². The first kappa shape index (κ1) is 58.2. The lowest BCUT2D eigenvalue weighted by Crippen LogP contribution is -2.36. The second-order valence-corrected chi connectivity index (χ2v) is 20.3. The summed E-state index contributed by atoms with van der Waals surface area (Å²) in [7, 11) is 9.67. The molecule has 384 valence electrons. The molecule has 24 heteroatoms. The molecule has 0 heterocycles. The lowest BCUT2D eigenvalue weighted by molar-refractivity contribution is -0.235. The highest BCUT2D eigenvalue weighted by molar-refractivity contribution is 7.81. The molecule has 0 aromatic heterocycles. The zero-order valence-corrected chi connectivity index (χ0v) is 45.9. The summed E-state index contributed by atoms with van der Waals surface area (Å²) in [6.07, 6.45) is 7.00. The van der Waals surface area contributed by atoms with E-state index in [1.807, 2.05) is 74.5 Å². The first-order chi connectivity index (χ1) is 33.3. The molecule has 0 amide bonds. The number of hydrogen-bond acceptors (Lipinski definition) is 18. The minimum atomic E-state index is -0.636. The van der Waals surface area contributed by atoms with Crippen molar-refractivity contribution < 1.29 is 30.6 Å². The Kier molecular flexibility index (Phi) is 21.6. The Morgan fingerprint density at radius 2 is 0.662 bits per heavy atom. The van der Waals surface area contributed by atoms with E-state index in [4.69, 9.17) is 73.3 Å². The third-order valence-corrected chi connectivity index (χ3v) is 14.9. The van der Waals surface area contributed by atoms with Crippen LogP contribution >= 0.6 is 73.3 Å². The molecule has 0 unspecified atom stereocenters. The SMILES string of the molecule is CN(/N=C(\[O-])C/C([O-])=N/N(C)C(=S)C1(C)CC1)C(=S)C1(C)CC1.CN(/N=C(\[O-])C/C([O-])=N/N(C)C(=S)C1CC1)C(=S)C1CC1.CN(/N=C(\[O-])C/C([O-])=N/N(C)C(=S)c1ccccc1)C(=S)c1ccccc1. The molecule has 4 saturated carbocycles. The van der Waals surface area contributed by atoms with Gasteiger partial charge < -0.3 is 30.6 Å². The van der Waals surface area contributed by atoms with Crippen molar-refractivity contribution in [2.24, 2.45) is 53.3 Å². The number of thiocarbonyl (C=S) groups is 6. The van der Waals surface area contributed by atoms with Crippen molar-refractivity contribution in [3.63, 3.8) is 0 Å². The third-order valence-electron chi connectivity index (χ3n) is 11.2. The van der Waals surface area contributed by atoms with Gasteiger partial charge in [-0.15, -0.1) is 0 Å². The zero-order chi connectivity index (χ0) is 52.8. The van der Waals surface area contributed by atoms with Crippen molar-refractivity contribution in [2.75, 3.05) is 42.3 Å². The van der Waals surface area contributed by atoms with E-state index in [0.717, 1.165) is 62.5 Å². The highest BCUT2D eigenvalue weighted by Crippen LogP contribution is 2.48. The second-order valence-electron chi connectivity index (χ2n) is 17.9. The van der Waals surface area contributed by atoms with Crippen LogP contribution in [0.2, 0.25) is 0 Å². The van der Waals surface area contributed by atoms with Crippen molar-refractivity contribution in [2.45, 2.75) is 84.5 Å². The van der Waals surface area contributed by atoms with E-state index in [-0.39, 0.29) is 23.7 Å². The molecule has 2 aromatic rings. The third kappa shape index (κ3) is 19.3. The molecule has 0 atom stereocenters. The Hall–Kier alpha value is -5.40. The summed E-state index contributed by atoms with van der Waals surface area (Å²) in [5.41, 5.74) is 1.45. The van der Waals surface area contributed by atoms with Gasteiger partial charge in [0.25, 0.3) is 0 Å². The number of hydrazone groups is 6. The van der Waals surface area contributed by atoms with E-state index in [2.05, 4.69) is 30.6 Å². The standard InChI is InChI=1S/C19H20N4O2S2.C15H24N4O2S2.C13H20N4O2S2/c1-22(18(26)14-9-5-3-6-10-14)20-16(24)13-17(25)21-23(2)19(27)15-11-7-4-8-12-15;1-14(5-6-14)12(22)18(3)16-10(20)9-11(21)17-19(4)13(23)15(2)7-8-15;1-16(12(20)8-3-4-8)14-10(18)7-11(19)15-17(2)13(21)9-5-6-9/h3-12H,13H2,1-2H3,(H,20,24)(H,21,25);5-9H2,1-4H3,(H,16,20)(H,17,21);8-9H,3-7H2,1-2H3,(H,14,18)(H,15,19)/p-6. The van der Waals surface area contributed by atoms with Crippen molar-refractivity contribution in [1.29, 1.82) is 0 Å². The molecule has 4 aliphatic rings. The lowest BCUT2D eigenvalue weighted by atomic mass is 10.1. The van der Waals surface area contributed by atoms with Gasteiger partial charge in [-0.2, -0.15) is 30.6 Å². The monoisotopic (exact) mass is 1080 g/mol. The fourth-order valence-electron chi connectivity index (χ4n) is 6.19. The molecular formula is C47H58N12O6S6-6. The van der Waals surface area contributed by atoms with E-state index in [1.54, 1.807) is 42.3 Å². The lowest BCUT2D eigenvalue weighted by Gasteiger charge is -2.25. The van der Waals surface area contributed by atoms with Crippen molar-refractivity contribution in [1.82, 2.24) is 30.1 Å². The van der Waals surface area contributed by atoms with Crippen LogP contribution in [0.3, 0.4) is 0 Å². The summed E-state index contributed by atoms with van der Waals surface area (Å²) in [5, 5.41) is 102. The van der Waals surface area contributed by atoms with E-state index in [9.17, 15) is 30.6 Å². The summed E-state index contributed by atoms with van der Waals surface area (Å²) < 4.78 is 0. The smallest absolute Gasteiger partial charge is 0.129 e. The number of rotatable bonds is 18. The number of nitrogens with zero attached hydrogens (tertiary/aromatic N) is 12. The molecule has 18 nitrogen and oxygen atoms in total. The van der Waals surface area contributed by atoms with E-state index < -0.39 is 41.8 Å². The van der Waals surface area contributed by atoms with Crippen molar-refractivity contribution >= 4 is 139 Å². The first-order valence-electron chi connectivity index (χ1n) is 22.6. The molecule has 0 radical (unpaired) electrons. The summed E-state index contributed by atoms with van der Waals surface area (Å²) in [5.74, 6) is -2.75. The van der Waals surface area contributed by atoms with Gasteiger partial charge in [0.05, 0.1) is 0 Å². The second kappa shape index (κ2) is 26.3. The predicted octanol–water partition coefficient (Wildman–Crippen LogP) is 2.24. The molecule has 0 bridgehead atoms. The van der Waals surface area contributed by atoms with Gasteiger partial charge in [-0.3, -0.25) is 30.1 Å². The molecule has 0 N–H and O–H groups in total. The van der Waals surface area contributed by atoms with Gasteiger partial charge >= 0.3 is 0 Å². The van der Waals surface area contributed by atoms with Crippen LogP contribution < -0.4 is 30.6 Å². The molecule has 2 aromatic carbocycles. The average Bonchev–Trinajstić information content (AvgIpc) is 4.09. The quantitative estimate of drug-likeness (QED) is 0.0902. The molecule has 4 aliphatic carbocycles. The summed E-state index contributed by atoms with van der Waals surface area (Å²) in [6, 6.07) is 18.4. The number of hydrogen-bond donors (Lipinski definition) is 0. The van der Waals surface area contributed by atoms with Crippen molar-refractivity contribution in [3.05, 3.63) is 71.8 Å². The summed E-state index contributed by atoms with van der Waals surface area (Å²) >= 11 is 31.5. The van der Waals surface area contributed by atoms with E-state index >= 15 is 0 Å². The maximum Gasteiger partial charge on any atom is 0.129 e. The van der Waals surface area contributed by atoms with Crippen LogP contribution in [-0.2, 0) is 0 Å². The van der Waals surface area contributed by atoms with Gasteiger partial charge in [0, 0.05) is 95.3 Å². The topological polar surface area (TPSA) is 232 Å². The maximum absolute atomic E-state index is 12.0. The fraction of sp³-hybridized carbons (Fsp3) is 0.489. The van der Waals surface area contributed by atoms with Gasteiger partial charge in [-0.1, -0.05) is 148 Å². The van der Waals surface area contributed by atoms with Crippen LogP contribution in [0.25, 0.3) is 0 Å². The number of benzene rings is 2. The Balaban J connectivity index is 0.000000233. The average molecular weight is 1080 g/mol. The van der Waals surface area contributed by atoms with Crippen LogP contribution in [0.15, 0.2) is 91.3 Å². The van der Waals surface area contributed by atoms with Crippen LogP contribution in [0, 0.1) is 22.7 Å². The molecular weight excluding hydrogens is 1020 g/mol. The Bertz CT molecular complexity index is 2290. The molecule has 0 spiro atoms. The normalized spacial score (nSPS) is 17.2. The minimum Gasteiger partial charge on any atom is -0.860 e. The van der Waals surface area contributed by atoms with Gasteiger partial charge in [0.15, 0.2) is 0 Å². The van der Waals surface area contributed by atoms with Crippen LogP contribution in [0.1, 0.15) is 95.6 Å². The van der Waals surface area contributed by atoms with Crippen LogP contribution in [-0.4, -0.2) is 138 Å². The Labute approximate surface area is 448 Å². The molecule has 0 saturated heterocycles. The Morgan fingerprint density at radius 1 is 0.423 bits per heavy atom. The highest BCUT2D eigenvalue weighted by Gasteiger charge is 2.44. The fourth-order valence-corrected chi connectivity index (χ4v) is 7.59. The largest absolute Gasteiger partial charge is 0.860 e. The minimum absolute atomic E-state index is 0.0334. The first-order valence-corrected chi connectivity index (χ1v) is 25.0. The molecule has 4 fully saturated rings. The van der Waals surface area contributed by atoms with Gasteiger partial charge in [-0.25, -0.2) is 0 Å². The van der Waals surface area contributed by atoms with Gasteiger partial charge in [0.2, 0.25) is 0 Å². The van der Waals surface area contributed by atoms with E-state index in [1.165, 1.54) is 30.1 Å². The summed E-state index contributed by atoms with van der Waals surface area (Å²) in [4.78, 5) is 3.34. The molecule has 71 heavy (non-hydrogen) atoms. The highest BCUT2D eigenvalue weighted by atomic mass is 32.1. The Morgan fingerprint density at radius 3 is 0.901 bits per heavy atom. The predicted molar refractivity (Wildman–Crippen MR) is 292 cm³/mol. The van der Waals surface area contributed by atoms with Gasteiger partial charge in [-0.05, 0) is 86.8 Å². The molecule has 0 aliphatic heterocycles. The summed E-state index contributed by atoms with van der Waals surface area (Å²) in [6.45, 7) is 4.08. The van der Waals surface area contributed by atoms with Crippen LogP contribution in [0.4, 0.5) is 0 Å². The maximum atomic E-state index is 12.0. The van der Waals surface area contributed by atoms with E-state index in [0.29, 0.717) is 41.8 Å². The van der Waals surface area contributed by atoms with Gasteiger partial charge in [0.1, 0.15) is 29.9 Å². The molecule has 6 rings (SSSR count). The zero-order valence-electron chi connectivity index (χ0n) is 41.0. The van der Waals surface area contributed by atoms with Crippen LogP contribution in [0.5, 0.6) is 0 Å².